The number of anilines is 2. The molecule has 1 N–H and O–H groups in total. The second kappa shape index (κ2) is 7.01. The molecule has 0 spiro atoms. The third-order valence-electron chi connectivity index (χ3n) is 4.08. The van der Waals surface area contributed by atoms with E-state index in [0.717, 1.165) is 46.5 Å². The molecule has 2 aromatic rings. The van der Waals surface area contributed by atoms with E-state index in [1.165, 1.54) is 24.2 Å². The Hall–Kier alpha value is -1.74. The second-order valence-electron chi connectivity index (χ2n) is 5.66. The molecule has 0 saturated heterocycles. The van der Waals surface area contributed by atoms with E-state index >= 15 is 0 Å². The van der Waals surface area contributed by atoms with E-state index in [-0.39, 0.29) is 0 Å². The van der Waals surface area contributed by atoms with Crippen LogP contribution in [0.2, 0.25) is 0 Å². The SMILES string of the molecule is CCCCCCc1ccc2c(c1C=O)Nc1ccccc1S2. The van der Waals surface area contributed by atoms with Crippen LogP contribution in [0.25, 0.3) is 0 Å². The largest absolute Gasteiger partial charge is 0.353 e. The van der Waals surface area contributed by atoms with Crippen molar-refractivity contribution >= 4 is 29.4 Å². The monoisotopic (exact) mass is 311 g/mol. The van der Waals surface area contributed by atoms with Gasteiger partial charge in [-0.3, -0.25) is 4.79 Å². The lowest BCUT2D eigenvalue weighted by molar-refractivity contribution is 0.112. The summed E-state index contributed by atoms with van der Waals surface area (Å²) in [5.41, 5.74) is 4.06. The normalized spacial score (nSPS) is 12.2. The molecule has 114 valence electrons. The fraction of sp³-hybridized carbons (Fsp3) is 0.316. The Labute approximate surface area is 136 Å². The van der Waals surface area contributed by atoms with E-state index < -0.39 is 0 Å². The maximum atomic E-state index is 11.7. The summed E-state index contributed by atoms with van der Waals surface area (Å²) in [6.45, 7) is 2.22. The maximum Gasteiger partial charge on any atom is 0.152 e. The van der Waals surface area contributed by atoms with E-state index in [2.05, 4.69) is 36.5 Å². The predicted octanol–water partition coefficient (Wildman–Crippen LogP) is 5.83. The molecule has 1 aliphatic rings. The molecule has 0 aliphatic carbocycles. The van der Waals surface area contributed by atoms with E-state index in [1.54, 1.807) is 11.8 Å². The summed E-state index contributed by atoms with van der Waals surface area (Å²) in [5, 5.41) is 3.45. The second-order valence-corrected chi connectivity index (χ2v) is 6.75. The molecule has 22 heavy (non-hydrogen) atoms. The standard InChI is InChI=1S/C19H21NOS/c1-2-3-4-5-8-14-11-12-18-19(15(14)13-21)20-16-9-6-7-10-17(16)22-18/h6-7,9-13,20H,2-5,8H2,1H3. The van der Waals surface area contributed by atoms with Gasteiger partial charge in [-0.15, -0.1) is 0 Å². The number of aryl methyl sites for hydroxylation is 1. The van der Waals surface area contributed by atoms with Crippen molar-refractivity contribution in [3.05, 3.63) is 47.5 Å². The Morgan fingerprint density at radius 1 is 1.05 bits per heavy atom. The summed E-state index contributed by atoms with van der Waals surface area (Å²) in [6.07, 6.45) is 6.88. The zero-order valence-corrected chi connectivity index (χ0v) is 13.7. The van der Waals surface area contributed by atoms with Gasteiger partial charge in [0, 0.05) is 15.4 Å². The molecule has 2 aromatic carbocycles. The minimum Gasteiger partial charge on any atom is -0.353 e. The smallest absolute Gasteiger partial charge is 0.152 e. The molecule has 3 heteroatoms. The highest BCUT2D eigenvalue weighted by atomic mass is 32.2. The van der Waals surface area contributed by atoms with E-state index in [9.17, 15) is 4.79 Å². The van der Waals surface area contributed by atoms with E-state index in [0.29, 0.717) is 0 Å². The third-order valence-corrected chi connectivity index (χ3v) is 5.22. The lowest BCUT2D eigenvalue weighted by atomic mass is 9.99. The number of hydrogen-bond donors (Lipinski definition) is 1. The summed E-state index contributed by atoms with van der Waals surface area (Å²) in [5.74, 6) is 0. The van der Waals surface area contributed by atoms with Crippen LogP contribution in [0.3, 0.4) is 0 Å². The molecule has 0 amide bonds. The van der Waals surface area contributed by atoms with Crippen molar-refractivity contribution in [1.82, 2.24) is 0 Å². The molecule has 1 heterocycles. The van der Waals surface area contributed by atoms with Crippen molar-refractivity contribution in [3.63, 3.8) is 0 Å². The van der Waals surface area contributed by atoms with E-state index in [1.807, 2.05) is 12.1 Å². The zero-order valence-electron chi connectivity index (χ0n) is 12.9. The van der Waals surface area contributed by atoms with Gasteiger partial charge in [0.05, 0.1) is 11.4 Å². The Balaban J connectivity index is 1.86. The van der Waals surface area contributed by atoms with Crippen LogP contribution < -0.4 is 5.32 Å². The van der Waals surface area contributed by atoms with Gasteiger partial charge < -0.3 is 5.32 Å². The molecule has 0 saturated carbocycles. The summed E-state index contributed by atoms with van der Waals surface area (Å²) in [4.78, 5) is 14.0. The predicted molar refractivity (Wildman–Crippen MR) is 93.5 cm³/mol. The molecule has 0 unspecified atom stereocenters. The summed E-state index contributed by atoms with van der Waals surface area (Å²) in [7, 11) is 0. The molecule has 1 aliphatic heterocycles. The van der Waals surface area contributed by atoms with Crippen molar-refractivity contribution in [2.24, 2.45) is 0 Å². The topological polar surface area (TPSA) is 29.1 Å². The highest BCUT2D eigenvalue weighted by Crippen LogP contribution is 2.45. The number of carbonyl (C=O) groups is 1. The lowest BCUT2D eigenvalue weighted by Crippen LogP contribution is -2.06. The fourth-order valence-corrected chi connectivity index (χ4v) is 3.88. The Morgan fingerprint density at radius 2 is 1.91 bits per heavy atom. The first-order valence-corrected chi connectivity index (χ1v) is 8.80. The number of carbonyl (C=O) groups excluding carboxylic acids is 1. The van der Waals surface area contributed by atoms with Gasteiger partial charge in [-0.2, -0.15) is 0 Å². The molecular formula is C19H21NOS. The number of aldehydes is 1. The van der Waals surface area contributed by atoms with Gasteiger partial charge in [-0.1, -0.05) is 56.1 Å². The van der Waals surface area contributed by atoms with Crippen molar-refractivity contribution in [2.75, 3.05) is 5.32 Å². The van der Waals surface area contributed by atoms with Crippen molar-refractivity contribution < 1.29 is 4.79 Å². The van der Waals surface area contributed by atoms with E-state index in [4.69, 9.17) is 0 Å². The fourth-order valence-electron chi connectivity index (χ4n) is 2.86. The van der Waals surface area contributed by atoms with Crippen LogP contribution in [0.15, 0.2) is 46.2 Å². The van der Waals surface area contributed by atoms with Gasteiger partial charge in [-0.25, -0.2) is 0 Å². The summed E-state index contributed by atoms with van der Waals surface area (Å²) >= 11 is 1.73. The molecule has 0 atom stereocenters. The van der Waals surface area contributed by atoms with Crippen LogP contribution in [0, 0.1) is 0 Å². The lowest BCUT2D eigenvalue weighted by Gasteiger charge is -2.23. The van der Waals surface area contributed by atoms with Crippen LogP contribution >= 0.6 is 11.8 Å². The Morgan fingerprint density at radius 3 is 2.73 bits per heavy atom. The summed E-state index contributed by atoms with van der Waals surface area (Å²) in [6, 6.07) is 12.5. The van der Waals surface area contributed by atoms with Gasteiger partial charge >= 0.3 is 0 Å². The first kappa shape index (κ1) is 15.2. The first-order valence-electron chi connectivity index (χ1n) is 7.98. The Bertz CT molecular complexity index is 681. The van der Waals surface area contributed by atoms with Crippen molar-refractivity contribution in [3.8, 4) is 0 Å². The number of unbranched alkanes of at least 4 members (excludes halogenated alkanes) is 3. The quantitative estimate of drug-likeness (QED) is 0.458. The number of rotatable bonds is 6. The molecule has 2 nitrogen and oxygen atoms in total. The van der Waals surface area contributed by atoms with Crippen LogP contribution in [0.5, 0.6) is 0 Å². The molecule has 0 bridgehead atoms. The highest BCUT2D eigenvalue weighted by Gasteiger charge is 2.19. The number of fused-ring (bicyclic) bond motifs is 2. The van der Waals surface area contributed by atoms with Crippen LogP contribution in [-0.2, 0) is 6.42 Å². The number of hydrogen-bond acceptors (Lipinski definition) is 3. The average Bonchev–Trinajstić information content (AvgIpc) is 2.56. The van der Waals surface area contributed by atoms with Crippen molar-refractivity contribution in [1.29, 1.82) is 0 Å². The summed E-state index contributed by atoms with van der Waals surface area (Å²) < 4.78 is 0. The Kier molecular flexibility index (Phi) is 4.84. The van der Waals surface area contributed by atoms with Gasteiger partial charge in [0.1, 0.15) is 0 Å². The number of nitrogens with one attached hydrogen (secondary N) is 1. The van der Waals surface area contributed by atoms with Crippen LogP contribution in [-0.4, -0.2) is 6.29 Å². The molecular weight excluding hydrogens is 290 g/mol. The van der Waals surface area contributed by atoms with Gasteiger partial charge in [0.15, 0.2) is 6.29 Å². The van der Waals surface area contributed by atoms with Gasteiger partial charge in [-0.05, 0) is 36.6 Å². The minimum absolute atomic E-state index is 0.830. The maximum absolute atomic E-state index is 11.7. The van der Waals surface area contributed by atoms with Gasteiger partial charge in [0.2, 0.25) is 0 Å². The average molecular weight is 311 g/mol. The molecule has 0 aromatic heterocycles. The van der Waals surface area contributed by atoms with Gasteiger partial charge in [0.25, 0.3) is 0 Å². The molecule has 0 radical (unpaired) electrons. The number of benzene rings is 2. The number of para-hydroxylation sites is 1. The molecule has 0 fully saturated rings. The van der Waals surface area contributed by atoms with Crippen LogP contribution in [0.1, 0.15) is 48.5 Å². The highest BCUT2D eigenvalue weighted by molar-refractivity contribution is 7.99. The minimum atomic E-state index is 0.830. The first-order chi connectivity index (χ1) is 10.8. The van der Waals surface area contributed by atoms with Crippen molar-refractivity contribution in [2.45, 2.75) is 48.8 Å². The zero-order chi connectivity index (χ0) is 15.4. The van der Waals surface area contributed by atoms with Crippen LogP contribution in [0.4, 0.5) is 11.4 Å². The molecule has 3 rings (SSSR count). The third kappa shape index (κ3) is 3.05.